The van der Waals surface area contributed by atoms with E-state index in [4.69, 9.17) is 5.73 Å². The van der Waals surface area contributed by atoms with Gasteiger partial charge in [0.2, 0.25) is 5.82 Å². The first-order valence-electron chi connectivity index (χ1n) is 6.17. The number of nitrogens with one attached hydrogen (secondary N) is 1. The molecule has 0 amide bonds. The van der Waals surface area contributed by atoms with Gasteiger partial charge in [0.25, 0.3) is 0 Å². The molecule has 6 heteroatoms. The highest BCUT2D eigenvalue weighted by Gasteiger charge is 2.24. The van der Waals surface area contributed by atoms with Crippen molar-refractivity contribution in [2.24, 2.45) is 0 Å². The van der Waals surface area contributed by atoms with Gasteiger partial charge in [-0.15, -0.1) is 0 Å². The van der Waals surface area contributed by atoms with Crippen LogP contribution in [0.5, 0.6) is 0 Å². The molecule has 1 rings (SSSR count). The predicted octanol–water partition coefficient (Wildman–Crippen LogP) is 2.95. The monoisotopic (exact) mass is 252 g/mol. The van der Waals surface area contributed by atoms with Crippen molar-refractivity contribution in [1.82, 2.24) is 4.98 Å². The van der Waals surface area contributed by atoms with Gasteiger partial charge in [-0.3, -0.25) is 10.1 Å². The van der Waals surface area contributed by atoms with Gasteiger partial charge in [0.1, 0.15) is 5.82 Å². The van der Waals surface area contributed by atoms with Gasteiger partial charge in [-0.25, -0.2) is 4.98 Å². The fourth-order valence-electron chi connectivity index (χ4n) is 1.98. The fourth-order valence-corrected chi connectivity index (χ4v) is 1.98. The second-order valence-corrected chi connectivity index (χ2v) is 4.32. The maximum absolute atomic E-state index is 10.7. The van der Waals surface area contributed by atoms with Crippen LogP contribution in [0.15, 0.2) is 12.1 Å². The van der Waals surface area contributed by atoms with Gasteiger partial charge < -0.3 is 11.1 Å². The number of nitrogen functional groups attached to an aromatic ring is 1. The third-order valence-electron chi connectivity index (χ3n) is 3.52. The van der Waals surface area contributed by atoms with Gasteiger partial charge in [-0.1, -0.05) is 20.8 Å². The fraction of sp³-hybridized carbons (Fsp3) is 0.583. The Morgan fingerprint density at radius 3 is 2.28 bits per heavy atom. The third-order valence-corrected chi connectivity index (χ3v) is 3.52. The number of nitrogens with zero attached hydrogens (tertiary/aromatic N) is 2. The van der Waals surface area contributed by atoms with E-state index in [0.29, 0.717) is 5.82 Å². The zero-order valence-electron chi connectivity index (χ0n) is 11.1. The Labute approximate surface area is 107 Å². The summed E-state index contributed by atoms with van der Waals surface area (Å²) in [5.74, 6) is 0.533. The summed E-state index contributed by atoms with van der Waals surface area (Å²) >= 11 is 0. The molecule has 18 heavy (non-hydrogen) atoms. The number of hydrogen-bond acceptors (Lipinski definition) is 5. The number of hydrogen-bond donors (Lipinski definition) is 2. The molecule has 0 saturated heterocycles. The molecule has 3 N–H and O–H groups in total. The minimum atomic E-state index is -0.529. The smallest absolute Gasteiger partial charge is 0.311 e. The predicted molar refractivity (Wildman–Crippen MR) is 72.5 cm³/mol. The molecule has 0 aromatic carbocycles. The maximum atomic E-state index is 10.7. The Balaban J connectivity index is 2.98. The summed E-state index contributed by atoms with van der Waals surface area (Å²) in [6.45, 7) is 6.32. The second-order valence-electron chi connectivity index (χ2n) is 4.32. The lowest BCUT2D eigenvalue weighted by Crippen LogP contribution is -2.36. The molecule has 0 saturated carbocycles. The van der Waals surface area contributed by atoms with Crippen LogP contribution in [0.4, 0.5) is 17.3 Å². The molecule has 0 unspecified atom stereocenters. The number of anilines is 2. The molecule has 1 aromatic heterocycles. The average Bonchev–Trinajstić information content (AvgIpc) is 2.36. The van der Waals surface area contributed by atoms with Crippen LogP contribution in [0.2, 0.25) is 0 Å². The van der Waals surface area contributed by atoms with E-state index in [1.165, 1.54) is 6.07 Å². The molecule has 0 fully saturated rings. The summed E-state index contributed by atoms with van der Waals surface area (Å²) in [6.07, 6.45) is 2.87. The molecule has 1 heterocycles. The molecule has 0 radical (unpaired) electrons. The standard InChI is InChI=1S/C12H20N4O2/c1-4-12(5-2,6-3)15-10-8-7-9(16(17)18)11(13)14-10/h7-8H,4-6H2,1-3H3,(H3,13,14,15). The van der Waals surface area contributed by atoms with Crippen molar-refractivity contribution in [3.05, 3.63) is 22.2 Å². The molecule has 0 bridgehead atoms. The molecule has 0 aliphatic carbocycles. The summed E-state index contributed by atoms with van der Waals surface area (Å²) in [7, 11) is 0. The van der Waals surface area contributed by atoms with Gasteiger partial charge >= 0.3 is 5.69 Å². The van der Waals surface area contributed by atoms with Crippen LogP contribution in [0.25, 0.3) is 0 Å². The lowest BCUT2D eigenvalue weighted by atomic mass is 9.90. The Morgan fingerprint density at radius 1 is 1.33 bits per heavy atom. The Morgan fingerprint density at radius 2 is 1.89 bits per heavy atom. The molecular weight excluding hydrogens is 232 g/mol. The van der Waals surface area contributed by atoms with E-state index in [1.807, 2.05) is 0 Å². The number of nitrogens with two attached hydrogens (primary N) is 1. The molecular formula is C12H20N4O2. The number of rotatable bonds is 6. The summed E-state index contributed by atoms with van der Waals surface area (Å²) in [5, 5.41) is 14.0. The minimum absolute atomic E-state index is 0.0322. The van der Waals surface area contributed by atoms with Crippen LogP contribution in [-0.2, 0) is 0 Å². The van der Waals surface area contributed by atoms with Crippen molar-refractivity contribution < 1.29 is 4.92 Å². The number of aromatic nitrogens is 1. The van der Waals surface area contributed by atoms with Crippen molar-refractivity contribution in [3.63, 3.8) is 0 Å². The highest BCUT2D eigenvalue weighted by molar-refractivity contribution is 5.57. The van der Waals surface area contributed by atoms with E-state index < -0.39 is 4.92 Å². The van der Waals surface area contributed by atoms with Crippen molar-refractivity contribution in [2.45, 2.75) is 45.6 Å². The van der Waals surface area contributed by atoms with Gasteiger partial charge in [0.05, 0.1) is 4.92 Å². The van der Waals surface area contributed by atoms with Gasteiger partial charge in [-0.05, 0) is 25.3 Å². The SMILES string of the molecule is CCC(CC)(CC)Nc1ccc([N+](=O)[O-])c(N)n1. The van der Waals surface area contributed by atoms with Crippen LogP contribution in [-0.4, -0.2) is 15.4 Å². The largest absolute Gasteiger partial charge is 0.378 e. The first kappa shape index (κ1) is 14.2. The van der Waals surface area contributed by atoms with E-state index in [-0.39, 0.29) is 17.0 Å². The molecule has 0 atom stereocenters. The summed E-state index contributed by atoms with van der Waals surface area (Å²) in [5.41, 5.74) is 5.38. The Hall–Kier alpha value is -1.85. The number of nitro groups is 1. The second kappa shape index (κ2) is 5.66. The van der Waals surface area contributed by atoms with E-state index >= 15 is 0 Å². The zero-order chi connectivity index (χ0) is 13.8. The molecule has 0 aliphatic heterocycles. The van der Waals surface area contributed by atoms with Crippen LogP contribution < -0.4 is 11.1 Å². The van der Waals surface area contributed by atoms with E-state index in [1.54, 1.807) is 6.07 Å². The van der Waals surface area contributed by atoms with Crippen molar-refractivity contribution in [3.8, 4) is 0 Å². The van der Waals surface area contributed by atoms with Gasteiger partial charge in [0, 0.05) is 11.6 Å². The Bertz CT molecular complexity index is 422. The van der Waals surface area contributed by atoms with Crippen LogP contribution >= 0.6 is 0 Å². The first-order chi connectivity index (χ1) is 8.48. The van der Waals surface area contributed by atoms with E-state index in [9.17, 15) is 10.1 Å². The van der Waals surface area contributed by atoms with E-state index in [2.05, 4.69) is 31.1 Å². The van der Waals surface area contributed by atoms with Crippen LogP contribution in [0.3, 0.4) is 0 Å². The summed E-state index contributed by atoms with van der Waals surface area (Å²) in [4.78, 5) is 14.2. The summed E-state index contributed by atoms with van der Waals surface area (Å²) in [6, 6.07) is 2.99. The van der Waals surface area contributed by atoms with Crippen LogP contribution in [0.1, 0.15) is 40.0 Å². The quantitative estimate of drug-likeness (QED) is 0.599. The normalized spacial score (nSPS) is 11.3. The van der Waals surface area contributed by atoms with E-state index in [0.717, 1.165) is 19.3 Å². The molecule has 100 valence electrons. The van der Waals surface area contributed by atoms with Crippen molar-refractivity contribution in [1.29, 1.82) is 0 Å². The zero-order valence-corrected chi connectivity index (χ0v) is 11.1. The highest BCUT2D eigenvalue weighted by Crippen LogP contribution is 2.27. The molecule has 6 nitrogen and oxygen atoms in total. The van der Waals surface area contributed by atoms with Crippen molar-refractivity contribution >= 4 is 17.3 Å². The number of pyridine rings is 1. The lowest BCUT2D eigenvalue weighted by molar-refractivity contribution is -0.384. The Kier molecular flexibility index (Phi) is 4.47. The lowest BCUT2D eigenvalue weighted by Gasteiger charge is -2.32. The molecule has 0 aliphatic rings. The molecule has 1 aromatic rings. The average molecular weight is 252 g/mol. The highest BCUT2D eigenvalue weighted by atomic mass is 16.6. The van der Waals surface area contributed by atoms with Crippen molar-refractivity contribution in [2.75, 3.05) is 11.1 Å². The maximum Gasteiger partial charge on any atom is 0.311 e. The van der Waals surface area contributed by atoms with Crippen LogP contribution in [0, 0.1) is 10.1 Å². The summed E-state index contributed by atoms with van der Waals surface area (Å²) < 4.78 is 0. The molecule has 0 spiro atoms. The van der Waals surface area contributed by atoms with Gasteiger partial charge in [-0.2, -0.15) is 0 Å². The van der Waals surface area contributed by atoms with Gasteiger partial charge in [0.15, 0.2) is 0 Å². The third kappa shape index (κ3) is 2.88. The topological polar surface area (TPSA) is 94.1 Å². The minimum Gasteiger partial charge on any atom is -0.378 e. The first-order valence-corrected chi connectivity index (χ1v) is 6.17.